The van der Waals surface area contributed by atoms with Crippen molar-refractivity contribution in [3.63, 3.8) is 0 Å². The predicted octanol–water partition coefficient (Wildman–Crippen LogP) is 3.03. The Kier molecular flexibility index (Phi) is 6.35. The van der Waals surface area contributed by atoms with Crippen LogP contribution in [0.25, 0.3) is 0 Å². The fraction of sp³-hybridized carbons (Fsp3) is 0.591. The monoisotopic (exact) mass is 370 g/mol. The lowest BCUT2D eigenvalue weighted by Gasteiger charge is -2.42. The predicted molar refractivity (Wildman–Crippen MR) is 109 cm³/mol. The van der Waals surface area contributed by atoms with Crippen molar-refractivity contribution in [1.82, 2.24) is 19.6 Å². The molecule has 0 amide bonds. The molecule has 0 radical (unpaired) electrons. The first-order valence-corrected chi connectivity index (χ1v) is 10.1. The van der Waals surface area contributed by atoms with Crippen LogP contribution < -0.4 is 0 Å². The third kappa shape index (κ3) is 4.78. The number of piperidine rings is 1. The van der Waals surface area contributed by atoms with E-state index in [0.29, 0.717) is 18.5 Å². The summed E-state index contributed by atoms with van der Waals surface area (Å²) >= 11 is 0. The van der Waals surface area contributed by atoms with E-state index in [4.69, 9.17) is 0 Å². The van der Waals surface area contributed by atoms with Gasteiger partial charge in [0.1, 0.15) is 0 Å². The highest BCUT2D eigenvalue weighted by Gasteiger charge is 2.34. The normalized spacial score (nSPS) is 23.5. The van der Waals surface area contributed by atoms with Crippen LogP contribution in [0.2, 0.25) is 0 Å². The van der Waals surface area contributed by atoms with Crippen molar-refractivity contribution in [2.75, 3.05) is 33.2 Å². The molecule has 148 valence electrons. The molecule has 27 heavy (non-hydrogen) atoms. The first kappa shape index (κ1) is 20.1. The average Bonchev–Trinajstić information content (AvgIpc) is 3.07. The van der Waals surface area contributed by atoms with Gasteiger partial charge in [-0.15, -0.1) is 0 Å². The van der Waals surface area contributed by atoms with Crippen LogP contribution in [-0.2, 0) is 12.6 Å². The third-order valence-electron chi connectivity index (χ3n) is 5.85. The lowest BCUT2D eigenvalue weighted by Crippen LogP contribution is -2.45. The summed E-state index contributed by atoms with van der Waals surface area (Å²) in [5.74, 6) is 0.541. The van der Waals surface area contributed by atoms with E-state index in [1.807, 2.05) is 55.2 Å². The Labute approximate surface area is 163 Å². The van der Waals surface area contributed by atoms with Crippen LogP contribution in [0.5, 0.6) is 0 Å². The minimum atomic E-state index is -0.848. The van der Waals surface area contributed by atoms with Crippen molar-refractivity contribution in [2.45, 2.75) is 38.3 Å². The lowest BCUT2D eigenvalue weighted by molar-refractivity contribution is 0.00748. The van der Waals surface area contributed by atoms with Crippen LogP contribution in [0, 0.1) is 5.92 Å². The molecule has 3 rings (SSSR count). The maximum atomic E-state index is 11.0. The molecule has 1 fully saturated rings. The van der Waals surface area contributed by atoms with Gasteiger partial charge in [-0.25, -0.2) is 0 Å². The van der Waals surface area contributed by atoms with Crippen LogP contribution in [-0.4, -0.2) is 57.9 Å². The van der Waals surface area contributed by atoms with Gasteiger partial charge in [-0.05, 0) is 51.4 Å². The van der Waals surface area contributed by atoms with Gasteiger partial charge in [-0.3, -0.25) is 9.58 Å². The maximum absolute atomic E-state index is 11.0. The third-order valence-corrected chi connectivity index (χ3v) is 5.85. The number of likely N-dealkylation sites (N-methyl/N-ethyl adjacent to an activating group) is 1. The molecule has 2 aromatic rings. The summed E-state index contributed by atoms with van der Waals surface area (Å²) in [6, 6.07) is 10.4. The number of likely N-dealkylation sites (tertiary alicyclic amines) is 1. The minimum Gasteiger partial charge on any atom is -0.384 e. The van der Waals surface area contributed by atoms with Crippen LogP contribution in [0.15, 0.2) is 42.7 Å². The molecule has 0 saturated carbocycles. The van der Waals surface area contributed by atoms with Crippen LogP contribution in [0.4, 0.5) is 0 Å². The Morgan fingerprint density at radius 1 is 1.30 bits per heavy atom. The summed E-state index contributed by atoms with van der Waals surface area (Å²) in [6.07, 6.45) is 6.63. The Hall–Kier alpha value is -1.69. The first-order chi connectivity index (χ1) is 12.9. The second kappa shape index (κ2) is 8.55. The standard InChI is InChI=1S/C22H34N4O/c1-5-26-13-9-10-18(21(26)19-14-23-25(4)16-19)15-24(3)17-22(2,27)20-11-7-6-8-12-20/h6-8,11-12,14,16,18,21,27H,5,9-10,13,15,17H2,1-4H3/t18-,21+,22+/m0/s1. The van der Waals surface area contributed by atoms with Crippen LogP contribution in [0.1, 0.15) is 43.9 Å². The van der Waals surface area contributed by atoms with Gasteiger partial charge in [0.25, 0.3) is 0 Å². The van der Waals surface area contributed by atoms with Gasteiger partial charge < -0.3 is 10.0 Å². The van der Waals surface area contributed by atoms with E-state index in [-0.39, 0.29) is 0 Å². The number of hydrogen-bond acceptors (Lipinski definition) is 4. The van der Waals surface area contributed by atoms with E-state index in [0.717, 1.165) is 25.2 Å². The Morgan fingerprint density at radius 2 is 2.04 bits per heavy atom. The summed E-state index contributed by atoms with van der Waals surface area (Å²) < 4.78 is 1.90. The van der Waals surface area contributed by atoms with E-state index in [9.17, 15) is 5.11 Å². The molecule has 0 bridgehead atoms. The Morgan fingerprint density at radius 3 is 2.67 bits per heavy atom. The molecule has 1 saturated heterocycles. The van der Waals surface area contributed by atoms with Gasteiger partial charge in [-0.1, -0.05) is 37.3 Å². The zero-order valence-corrected chi connectivity index (χ0v) is 17.2. The molecular weight excluding hydrogens is 336 g/mol. The van der Waals surface area contributed by atoms with Gasteiger partial charge in [-0.2, -0.15) is 5.10 Å². The van der Waals surface area contributed by atoms with Crippen molar-refractivity contribution in [3.05, 3.63) is 53.9 Å². The summed E-state index contributed by atoms with van der Waals surface area (Å²) in [6.45, 7) is 7.96. The van der Waals surface area contributed by atoms with Gasteiger partial charge in [0.2, 0.25) is 0 Å². The van der Waals surface area contributed by atoms with Crippen molar-refractivity contribution in [3.8, 4) is 0 Å². The zero-order valence-electron chi connectivity index (χ0n) is 17.2. The highest BCUT2D eigenvalue weighted by molar-refractivity contribution is 5.22. The molecule has 2 heterocycles. The van der Waals surface area contributed by atoms with Gasteiger partial charge in [0, 0.05) is 37.9 Å². The van der Waals surface area contributed by atoms with E-state index in [1.165, 1.54) is 18.4 Å². The number of benzene rings is 1. The number of hydrogen-bond donors (Lipinski definition) is 1. The largest absolute Gasteiger partial charge is 0.384 e. The second-order valence-corrected chi connectivity index (χ2v) is 8.26. The Bertz CT molecular complexity index is 712. The van der Waals surface area contributed by atoms with E-state index in [2.05, 4.69) is 35.1 Å². The fourth-order valence-electron chi connectivity index (χ4n) is 4.65. The highest BCUT2D eigenvalue weighted by Crippen LogP contribution is 2.36. The minimum absolute atomic E-state index is 0.404. The number of aromatic nitrogens is 2. The molecule has 0 aliphatic carbocycles. The quantitative estimate of drug-likeness (QED) is 0.814. The second-order valence-electron chi connectivity index (χ2n) is 8.26. The topological polar surface area (TPSA) is 44.5 Å². The molecule has 5 nitrogen and oxygen atoms in total. The number of aliphatic hydroxyl groups is 1. The smallest absolute Gasteiger partial charge is 0.0994 e. The van der Waals surface area contributed by atoms with E-state index in [1.54, 1.807) is 0 Å². The number of nitrogens with zero attached hydrogens (tertiary/aromatic N) is 4. The van der Waals surface area contributed by atoms with Crippen molar-refractivity contribution in [2.24, 2.45) is 13.0 Å². The lowest BCUT2D eigenvalue weighted by atomic mass is 9.85. The van der Waals surface area contributed by atoms with Gasteiger partial charge in [0.05, 0.1) is 11.8 Å². The zero-order chi connectivity index (χ0) is 19.4. The molecule has 5 heteroatoms. The molecule has 1 aromatic carbocycles. The summed E-state index contributed by atoms with van der Waals surface area (Å²) in [4.78, 5) is 4.87. The molecule has 3 atom stereocenters. The van der Waals surface area contributed by atoms with Crippen LogP contribution >= 0.6 is 0 Å². The van der Waals surface area contributed by atoms with E-state index >= 15 is 0 Å². The number of aryl methyl sites for hydroxylation is 1. The van der Waals surface area contributed by atoms with Gasteiger partial charge >= 0.3 is 0 Å². The summed E-state index contributed by atoms with van der Waals surface area (Å²) in [7, 11) is 4.11. The molecule has 0 unspecified atom stereocenters. The number of rotatable bonds is 7. The molecule has 0 spiro atoms. The van der Waals surface area contributed by atoms with Crippen molar-refractivity contribution >= 4 is 0 Å². The Balaban J connectivity index is 1.72. The van der Waals surface area contributed by atoms with Crippen molar-refractivity contribution in [1.29, 1.82) is 0 Å². The molecule has 1 aliphatic rings. The molecule has 1 aliphatic heterocycles. The SMILES string of the molecule is CCN1CCC[C@@H](CN(C)C[C@@](C)(O)c2ccccc2)[C@@H]1c1cnn(C)c1. The highest BCUT2D eigenvalue weighted by atomic mass is 16.3. The van der Waals surface area contributed by atoms with Gasteiger partial charge in [0.15, 0.2) is 0 Å². The van der Waals surface area contributed by atoms with Crippen LogP contribution in [0.3, 0.4) is 0 Å². The summed E-state index contributed by atoms with van der Waals surface area (Å²) in [5.41, 5.74) is 1.44. The molecular formula is C22H34N4O. The summed E-state index contributed by atoms with van der Waals surface area (Å²) in [5, 5.41) is 15.4. The fourth-order valence-corrected chi connectivity index (χ4v) is 4.65. The van der Waals surface area contributed by atoms with E-state index < -0.39 is 5.60 Å². The molecule has 1 aromatic heterocycles. The average molecular weight is 371 g/mol. The maximum Gasteiger partial charge on any atom is 0.0994 e. The van der Waals surface area contributed by atoms with Crippen molar-refractivity contribution < 1.29 is 5.11 Å². The molecule has 1 N–H and O–H groups in total. The first-order valence-electron chi connectivity index (χ1n) is 10.1.